The van der Waals surface area contributed by atoms with Gasteiger partial charge in [0.15, 0.2) is 5.69 Å². The number of hydrogen-bond acceptors (Lipinski definition) is 5. The Hall–Kier alpha value is -3.07. The molecule has 1 aliphatic rings. The van der Waals surface area contributed by atoms with Crippen molar-refractivity contribution >= 4 is 16.9 Å². The van der Waals surface area contributed by atoms with Crippen LogP contribution in [-0.4, -0.2) is 28.1 Å². The van der Waals surface area contributed by atoms with Crippen LogP contribution in [0.4, 0.5) is 13.2 Å². The molecular weight excluding hydrogens is 401 g/mol. The number of nitrogens with one attached hydrogen (secondary N) is 1. The number of fused-ring (bicyclic) bond motifs is 1. The number of alkyl halides is 3. The van der Waals surface area contributed by atoms with E-state index in [0.717, 1.165) is 6.20 Å². The quantitative estimate of drug-likeness (QED) is 0.630. The van der Waals surface area contributed by atoms with Crippen LogP contribution in [0.25, 0.3) is 11.0 Å². The molecule has 2 heterocycles. The van der Waals surface area contributed by atoms with Crippen LogP contribution in [0.3, 0.4) is 0 Å². The average Bonchev–Trinajstić information content (AvgIpc) is 3.39. The van der Waals surface area contributed by atoms with E-state index in [1.807, 2.05) is 0 Å². The van der Waals surface area contributed by atoms with E-state index in [2.05, 4.69) is 10.3 Å². The van der Waals surface area contributed by atoms with Crippen molar-refractivity contribution in [3.05, 3.63) is 59.1 Å². The number of hydrogen-bond donors (Lipinski definition) is 2. The normalized spacial score (nSPS) is 15.2. The van der Waals surface area contributed by atoms with Crippen LogP contribution < -0.4 is 10.1 Å². The van der Waals surface area contributed by atoms with Gasteiger partial charge >= 0.3 is 6.18 Å². The second-order valence-electron chi connectivity index (χ2n) is 7.38. The summed E-state index contributed by atoms with van der Waals surface area (Å²) in [5.41, 5.74) is -0.909. The lowest BCUT2D eigenvalue weighted by molar-refractivity contribution is -0.142. The van der Waals surface area contributed by atoms with Gasteiger partial charge in [-0.2, -0.15) is 13.2 Å². The second-order valence-corrected chi connectivity index (χ2v) is 7.38. The number of ether oxygens (including phenoxy) is 1. The summed E-state index contributed by atoms with van der Waals surface area (Å²) in [6.07, 6.45) is -2.10. The van der Waals surface area contributed by atoms with Crippen LogP contribution in [0.2, 0.25) is 0 Å². The first-order valence-electron chi connectivity index (χ1n) is 9.33. The minimum atomic E-state index is -4.58. The molecule has 1 saturated carbocycles. The molecule has 2 aromatic heterocycles. The number of nitrogens with zero attached hydrogens (tertiary/aromatic N) is 1. The summed E-state index contributed by atoms with van der Waals surface area (Å²) in [7, 11) is 0. The molecule has 1 fully saturated rings. The van der Waals surface area contributed by atoms with Crippen LogP contribution in [-0.2, 0) is 12.8 Å². The van der Waals surface area contributed by atoms with E-state index >= 15 is 0 Å². The first-order valence-corrected chi connectivity index (χ1v) is 9.33. The molecule has 0 bridgehead atoms. The molecule has 1 amide bonds. The van der Waals surface area contributed by atoms with Crippen molar-refractivity contribution < 1.29 is 32.2 Å². The number of furan rings is 1. The standard InChI is InChI=1S/C21H19F3N2O4/c1-12-17(19(28)26-20(11-27)6-7-20)15-9-14(4-5-16(15)30-12)29-10-13-3-2-8-25-18(13)21(22,23)24/h2-5,8-9,27H,6-7,10-11H2,1H3,(H,26,28). The number of halogens is 3. The summed E-state index contributed by atoms with van der Waals surface area (Å²) < 4.78 is 50.5. The van der Waals surface area contributed by atoms with Crippen LogP contribution in [0.5, 0.6) is 5.75 Å². The monoisotopic (exact) mass is 420 g/mol. The second kappa shape index (κ2) is 7.32. The van der Waals surface area contributed by atoms with E-state index in [0.29, 0.717) is 35.1 Å². The van der Waals surface area contributed by atoms with Crippen molar-refractivity contribution in [2.24, 2.45) is 0 Å². The summed E-state index contributed by atoms with van der Waals surface area (Å²) >= 11 is 0. The Labute approximate surface area is 169 Å². The van der Waals surface area contributed by atoms with Gasteiger partial charge in [0.2, 0.25) is 0 Å². The summed E-state index contributed by atoms with van der Waals surface area (Å²) in [6, 6.07) is 7.43. The third kappa shape index (κ3) is 3.85. The first-order chi connectivity index (χ1) is 14.2. The molecular formula is C21H19F3N2O4. The number of pyridine rings is 1. The van der Waals surface area contributed by atoms with Gasteiger partial charge in [0.25, 0.3) is 5.91 Å². The number of amides is 1. The number of benzene rings is 1. The molecule has 158 valence electrons. The van der Waals surface area contributed by atoms with Gasteiger partial charge in [-0.25, -0.2) is 0 Å². The molecule has 0 aliphatic heterocycles. The SMILES string of the molecule is Cc1oc2ccc(OCc3cccnc3C(F)(F)F)cc2c1C(=O)NC1(CO)CC1. The smallest absolute Gasteiger partial charge is 0.433 e. The predicted molar refractivity (Wildman–Crippen MR) is 101 cm³/mol. The highest BCUT2D eigenvalue weighted by atomic mass is 19.4. The number of rotatable bonds is 6. The lowest BCUT2D eigenvalue weighted by Crippen LogP contribution is -2.39. The number of carbonyl (C=O) groups is 1. The Morgan fingerprint density at radius 2 is 2.10 bits per heavy atom. The lowest BCUT2D eigenvalue weighted by Gasteiger charge is -2.14. The van der Waals surface area contributed by atoms with Gasteiger partial charge in [-0.3, -0.25) is 9.78 Å². The minimum Gasteiger partial charge on any atom is -0.489 e. The summed E-state index contributed by atoms with van der Waals surface area (Å²) in [5.74, 6) is 0.319. The van der Waals surface area contributed by atoms with Gasteiger partial charge in [-0.05, 0) is 44.0 Å². The lowest BCUT2D eigenvalue weighted by atomic mass is 10.1. The van der Waals surface area contributed by atoms with Crippen LogP contribution in [0.1, 0.15) is 40.2 Å². The van der Waals surface area contributed by atoms with Gasteiger partial charge in [0.1, 0.15) is 23.7 Å². The Kier molecular flexibility index (Phi) is 4.93. The van der Waals surface area contributed by atoms with Gasteiger partial charge in [0.05, 0.1) is 17.7 Å². The molecule has 2 N–H and O–H groups in total. The van der Waals surface area contributed by atoms with Crippen LogP contribution in [0, 0.1) is 6.92 Å². The maximum absolute atomic E-state index is 13.1. The van der Waals surface area contributed by atoms with Gasteiger partial charge in [0, 0.05) is 17.1 Å². The fraction of sp³-hybridized carbons (Fsp3) is 0.333. The van der Waals surface area contributed by atoms with Gasteiger partial charge in [-0.1, -0.05) is 6.07 Å². The molecule has 0 saturated heterocycles. The Bertz CT molecular complexity index is 1100. The molecule has 1 aliphatic carbocycles. The van der Waals surface area contributed by atoms with E-state index in [1.165, 1.54) is 12.1 Å². The number of aryl methyl sites for hydroxylation is 1. The molecule has 9 heteroatoms. The van der Waals surface area contributed by atoms with E-state index in [4.69, 9.17) is 9.15 Å². The fourth-order valence-corrected chi connectivity index (χ4v) is 3.32. The van der Waals surface area contributed by atoms with Crippen LogP contribution in [0.15, 0.2) is 40.9 Å². The van der Waals surface area contributed by atoms with E-state index in [1.54, 1.807) is 25.1 Å². The van der Waals surface area contributed by atoms with Crippen molar-refractivity contribution in [1.29, 1.82) is 0 Å². The van der Waals surface area contributed by atoms with Crippen molar-refractivity contribution in [2.75, 3.05) is 6.61 Å². The Balaban J connectivity index is 1.59. The van der Waals surface area contributed by atoms with Crippen molar-refractivity contribution in [3.63, 3.8) is 0 Å². The molecule has 4 rings (SSSR count). The number of aliphatic hydroxyl groups is 1. The molecule has 0 unspecified atom stereocenters. The highest BCUT2D eigenvalue weighted by Gasteiger charge is 2.44. The Morgan fingerprint density at radius 3 is 2.77 bits per heavy atom. The largest absolute Gasteiger partial charge is 0.489 e. The maximum atomic E-state index is 13.1. The molecule has 6 nitrogen and oxygen atoms in total. The van der Waals surface area contributed by atoms with E-state index in [9.17, 15) is 23.1 Å². The summed E-state index contributed by atoms with van der Waals surface area (Å²) in [4.78, 5) is 16.2. The third-order valence-electron chi connectivity index (χ3n) is 5.15. The highest BCUT2D eigenvalue weighted by molar-refractivity contribution is 6.07. The molecule has 0 spiro atoms. The molecule has 1 aromatic carbocycles. The van der Waals surface area contributed by atoms with Crippen LogP contribution >= 0.6 is 0 Å². The van der Waals surface area contributed by atoms with E-state index < -0.39 is 17.4 Å². The zero-order chi connectivity index (χ0) is 21.5. The molecule has 30 heavy (non-hydrogen) atoms. The predicted octanol–water partition coefficient (Wildman–Crippen LogP) is 3.99. The first kappa shape index (κ1) is 20.2. The van der Waals surface area contributed by atoms with Crippen molar-refractivity contribution in [3.8, 4) is 5.75 Å². The number of aromatic nitrogens is 1. The fourth-order valence-electron chi connectivity index (χ4n) is 3.32. The summed E-state index contributed by atoms with van der Waals surface area (Å²) in [6.45, 7) is 1.17. The van der Waals surface area contributed by atoms with Crippen molar-refractivity contribution in [2.45, 2.75) is 38.1 Å². The van der Waals surface area contributed by atoms with Gasteiger partial charge < -0.3 is 19.6 Å². The Morgan fingerprint density at radius 1 is 1.33 bits per heavy atom. The third-order valence-corrected chi connectivity index (χ3v) is 5.15. The van der Waals surface area contributed by atoms with Crippen molar-refractivity contribution in [1.82, 2.24) is 10.3 Å². The molecule has 0 atom stereocenters. The van der Waals surface area contributed by atoms with E-state index in [-0.39, 0.29) is 30.4 Å². The maximum Gasteiger partial charge on any atom is 0.433 e. The zero-order valence-corrected chi connectivity index (χ0v) is 16.0. The minimum absolute atomic E-state index is 0.0925. The topological polar surface area (TPSA) is 84.6 Å². The molecule has 3 aromatic rings. The number of carbonyl (C=O) groups excluding carboxylic acids is 1. The average molecular weight is 420 g/mol. The van der Waals surface area contributed by atoms with Gasteiger partial charge in [-0.15, -0.1) is 0 Å². The highest BCUT2D eigenvalue weighted by Crippen LogP contribution is 2.36. The molecule has 0 radical (unpaired) electrons. The summed E-state index contributed by atoms with van der Waals surface area (Å²) in [5, 5.41) is 12.8. The zero-order valence-electron chi connectivity index (χ0n) is 16.0. The number of aliphatic hydroxyl groups excluding tert-OH is 1.